The maximum atomic E-state index is 12.3. The van der Waals surface area contributed by atoms with E-state index in [2.05, 4.69) is 5.10 Å². The van der Waals surface area contributed by atoms with Crippen molar-refractivity contribution in [2.24, 2.45) is 0 Å². The predicted octanol–water partition coefficient (Wildman–Crippen LogP) is 1.70. The highest BCUT2D eigenvalue weighted by molar-refractivity contribution is 7.90. The fraction of sp³-hybridized carbons (Fsp3) is 0. The molecule has 2 aromatic rings. The second-order valence-corrected chi connectivity index (χ2v) is 6.21. The summed E-state index contributed by atoms with van der Waals surface area (Å²) in [6, 6.07) is 4.56. The summed E-state index contributed by atoms with van der Waals surface area (Å²) in [5.41, 5.74) is -1.88. The summed E-state index contributed by atoms with van der Waals surface area (Å²) in [5, 5.41) is 13.5. The van der Waals surface area contributed by atoms with Gasteiger partial charge in [-0.3, -0.25) is 14.9 Å². The molecule has 0 unspecified atom stereocenters. The monoisotopic (exact) mass is 349 g/mol. The molecule has 110 valence electrons. The van der Waals surface area contributed by atoms with Gasteiger partial charge in [-0.2, -0.15) is 13.5 Å². The lowest BCUT2D eigenvalue weighted by molar-refractivity contribution is -0.387. The van der Waals surface area contributed by atoms with E-state index in [0.717, 1.165) is 18.3 Å². The average molecular weight is 350 g/mol. The van der Waals surface area contributed by atoms with Gasteiger partial charge in [-0.15, -0.1) is 4.09 Å². The molecule has 0 radical (unpaired) electrons. The highest BCUT2D eigenvalue weighted by Crippen LogP contribution is 2.24. The standard InChI is InChI=1S/C10H5Cl2N3O5S/c11-6-5-13-14(10(16)9(6)12)21(19,20)8-4-2-1-3-7(8)15(17)18/h1-5H. The zero-order valence-electron chi connectivity index (χ0n) is 9.93. The first kappa shape index (κ1) is 15.4. The number of para-hydroxylation sites is 1. The molecule has 0 atom stereocenters. The molecular weight excluding hydrogens is 345 g/mol. The Labute approximate surface area is 127 Å². The highest BCUT2D eigenvalue weighted by atomic mass is 35.5. The Kier molecular flexibility index (Phi) is 3.99. The SMILES string of the molecule is O=c1c(Cl)c(Cl)cnn1S(=O)(=O)c1ccccc1[N+](=O)[O-]. The van der Waals surface area contributed by atoms with E-state index in [4.69, 9.17) is 23.2 Å². The van der Waals surface area contributed by atoms with E-state index in [0.29, 0.717) is 0 Å². The van der Waals surface area contributed by atoms with Crippen LogP contribution in [0.1, 0.15) is 0 Å². The lowest BCUT2D eigenvalue weighted by Crippen LogP contribution is -2.30. The van der Waals surface area contributed by atoms with Crippen molar-refractivity contribution in [1.29, 1.82) is 0 Å². The number of nitro groups is 1. The summed E-state index contributed by atoms with van der Waals surface area (Å²) in [4.78, 5) is 21.2. The van der Waals surface area contributed by atoms with Gasteiger partial charge >= 0.3 is 5.56 Å². The minimum atomic E-state index is -4.58. The third-order valence-corrected chi connectivity index (χ3v) is 4.78. The largest absolute Gasteiger partial charge is 0.301 e. The molecular formula is C10H5Cl2N3O5S. The maximum absolute atomic E-state index is 12.3. The maximum Gasteiger partial charge on any atom is 0.301 e. The van der Waals surface area contributed by atoms with Crippen LogP contribution in [0.5, 0.6) is 0 Å². The van der Waals surface area contributed by atoms with Gasteiger partial charge in [0.25, 0.3) is 15.7 Å². The molecule has 0 aliphatic heterocycles. The summed E-state index contributed by atoms with van der Waals surface area (Å²) in [7, 11) is -4.58. The number of aromatic nitrogens is 2. The molecule has 8 nitrogen and oxygen atoms in total. The van der Waals surface area contributed by atoms with E-state index in [1.54, 1.807) is 0 Å². The molecule has 1 heterocycles. The van der Waals surface area contributed by atoms with Gasteiger partial charge in [0.1, 0.15) is 5.02 Å². The Morgan fingerprint density at radius 3 is 2.48 bits per heavy atom. The summed E-state index contributed by atoms with van der Waals surface area (Å²) >= 11 is 11.1. The summed E-state index contributed by atoms with van der Waals surface area (Å²) in [5.74, 6) is 0. The van der Waals surface area contributed by atoms with Gasteiger partial charge in [-0.05, 0) is 6.07 Å². The molecule has 0 bridgehead atoms. The molecule has 0 saturated carbocycles. The van der Waals surface area contributed by atoms with Crippen LogP contribution < -0.4 is 5.56 Å². The van der Waals surface area contributed by atoms with Gasteiger partial charge in [-0.1, -0.05) is 35.3 Å². The Balaban J connectivity index is 2.79. The average Bonchev–Trinajstić information content (AvgIpc) is 2.44. The molecule has 1 aromatic carbocycles. The van der Waals surface area contributed by atoms with E-state index in [1.165, 1.54) is 12.1 Å². The first-order chi connectivity index (χ1) is 9.76. The van der Waals surface area contributed by atoms with Gasteiger partial charge in [0.05, 0.1) is 16.1 Å². The number of benzene rings is 1. The second-order valence-electron chi connectivity index (χ2n) is 3.68. The van der Waals surface area contributed by atoms with E-state index in [-0.39, 0.29) is 9.11 Å². The Morgan fingerprint density at radius 2 is 1.86 bits per heavy atom. The molecule has 21 heavy (non-hydrogen) atoms. The van der Waals surface area contributed by atoms with Crippen LogP contribution in [0.15, 0.2) is 40.2 Å². The van der Waals surface area contributed by atoms with Crippen molar-refractivity contribution in [1.82, 2.24) is 9.19 Å². The molecule has 2 rings (SSSR count). The number of halogens is 2. The van der Waals surface area contributed by atoms with Crippen LogP contribution in [0.2, 0.25) is 10.0 Å². The number of nitrogens with zero attached hydrogens (tertiary/aromatic N) is 3. The summed E-state index contributed by atoms with van der Waals surface area (Å²) in [6.45, 7) is 0. The number of rotatable bonds is 3. The van der Waals surface area contributed by atoms with E-state index in [9.17, 15) is 23.3 Å². The first-order valence-electron chi connectivity index (χ1n) is 5.19. The number of hydrogen-bond donors (Lipinski definition) is 0. The van der Waals surface area contributed by atoms with E-state index < -0.39 is 36.1 Å². The van der Waals surface area contributed by atoms with Crippen molar-refractivity contribution in [3.63, 3.8) is 0 Å². The van der Waals surface area contributed by atoms with Crippen LogP contribution in [0.3, 0.4) is 0 Å². The zero-order valence-corrected chi connectivity index (χ0v) is 12.3. The van der Waals surface area contributed by atoms with Crippen LogP contribution in [-0.2, 0) is 10.0 Å². The highest BCUT2D eigenvalue weighted by Gasteiger charge is 2.29. The summed E-state index contributed by atoms with van der Waals surface area (Å²) < 4.78 is 24.7. The lowest BCUT2D eigenvalue weighted by Gasteiger charge is -2.07. The van der Waals surface area contributed by atoms with Crippen molar-refractivity contribution in [3.05, 3.63) is 61.0 Å². The van der Waals surface area contributed by atoms with E-state index >= 15 is 0 Å². The number of nitro benzene ring substituents is 1. The molecule has 0 spiro atoms. The normalized spacial score (nSPS) is 11.3. The molecule has 0 amide bonds. The Hall–Kier alpha value is -1.97. The van der Waals surface area contributed by atoms with Crippen molar-refractivity contribution in [2.75, 3.05) is 0 Å². The van der Waals surface area contributed by atoms with Gasteiger partial charge < -0.3 is 0 Å². The van der Waals surface area contributed by atoms with Crippen molar-refractivity contribution in [2.45, 2.75) is 4.90 Å². The van der Waals surface area contributed by atoms with Crippen LogP contribution in [0.4, 0.5) is 5.69 Å². The number of hydrogen-bond acceptors (Lipinski definition) is 6. The van der Waals surface area contributed by atoms with Crippen molar-refractivity contribution in [3.8, 4) is 0 Å². The van der Waals surface area contributed by atoms with Crippen molar-refractivity contribution < 1.29 is 13.3 Å². The third-order valence-electron chi connectivity index (χ3n) is 2.41. The topological polar surface area (TPSA) is 112 Å². The Morgan fingerprint density at radius 1 is 1.24 bits per heavy atom. The smallest absolute Gasteiger partial charge is 0.265 e. The molecule has 0 fully saturated rings. The fourth-order valence-electron chi connectivity index (χ4n) is 1.49. The lowest BCUT2D eigenvalue weighted by atomic mass is 10.3. The summed E-state index contributed by atoms with van der Waals surface area (Å²) in [6.07, 6.45) is 0.859. The molecule has 0 aliphatic rings. The fourth-order valence-corrected chi connectivity index (χ4v) is 3.12. The van der Waals surface area contributed by atoms with Gasteiger partial charge in [0.2, 0.25) is 0 Å². The predicted molar refractivity (Wildman–Crippen MR) is 74.2 cm³/mol. The van der Waals surface area contributed by atoms with Gasteiger partial charge in [-0.25, -0.2) is 0 Å². The van der Waals surface area contributed by atoms with Crippen LogP contribution in [-0.4, -0.2) is 22.5 Å². The quantitative estimate of drug-likeness (QED) is 0.615. The van der Waals surface area contributed by atoms with Crippen LogP contribution in [0.25, 0.3) is 0 Å². The Bertz CT molecular complexity index is 894. The molecule has 0 aliphatic carbocycles. The minimum Gasteiger partial charge on any atom is -0.265 e. The molecule has 0 N–H and O–H groups in total. The van der Waals surface area contributed by atoms with E-state index in [1.807, 2.05) is 0 Å². The van der Waals surface area contributed by atoms with Gasteiger partial charge in [0.15, 0.2) is 4.90 Å². The van der Waals surface area contributed by atoms with Crippen LogP contribution >= 0.6 is 23.2 Å². The third kappa shape index (κ3) is 2.62. The minimum absolute atomic E-state index is 0.0591. The second kappa shape index (κ2) is 5.43. The van der Waals surface area contributed by atoms with Crippen LogP contribution in [0, 0.1) is 10.1 Å². The first-order valence-corrected chi connectivity index (χ1v) is 7.38. The molecule has 1 aromatic heterocycles. The van der Waals surface area contributed by atoms with Crippen molar-refractivity contribution >= 4 is 38.9 Å². The molecule has 11 heteroatoms. The zero-order chi connectivity index (χ0) is 15.8. The molecule has 0 saturated heterocycles. The van der Waals surface area contributed by atoms with Gasteiger partial charge in [0, 0.05) is 6.07 Å².